The van der Waals surface area contributed by atoms with Gasteiger partial charge < -0.3 is 10.1 Å². The highest BCUT2D eigenvalue weighted by Crippen LogP contribution is 2.29. The summed E-state index contributed by atoms with van der Waals surface area (Å²) < 4.78 is 34.8. The maximum Gasteiger partial charge on any atom is 0.230 e. The predicted octanol–water partition coefficient (Wildman–Crippen LogP) is 3.90. The van der Waals surface area contributed by atoms with Crippen LogP contribution in [0.4, 0.5) is 16.0 Å². The van der Waals surface area contributed by atoms with Crippen LogP contribution in [0.1, 0.15) is 12.5 Å². The van der Waals surface area contributed by atoms with E-state index in [1.54, 1.807) is 43.4 Å². The summed E-state index contributed by atoms with van der Waals surface area (Å²) in [7, 11) is -2.63. The Labute approximate surface area is 174 Å². The molecule has 1 heterocycles. The van der Waals surface area contributed by atoms with E-state index in [2.05, 4.69) is 24.6 Å². The van der Waals surface area contributed by atoms with Crippen molar-refractivity contribution in [2.24, 2.45) is 4.36 Å². The Morgan fingerprint density at radius 1 is 1.27 bits per heavy atom. The number of aromatic nitrogens is 3. The molecule has 1 aromatic heterocycles. The van der Waals surface area contributed by atoms with Gasteiger partial charge in [-0.25, -0.2) is 18.6 Å². The molecule has 154 valence electrons. The van der Waals surface area contributed by atoms with Crippen LogP contribution in [0, 0.1) is 17.3 Å². The molecule has 0 aliphatic carbocycles. The number of hydrogen-bond acceptors (Lipinski definition) is 8. The maximum absolute atomic E-state index is 13.6. The van der Waals surface area contributed by atoms with Crippen LogP contribution in [0.25, 0.3) is 11.4 Å². The van der Waals surface area contributed by atoms with E-state index in [0.29, 0.717) is 29.4 Å². The first kappa shape index (κ1) is 21.1. The fourth-order valence-corrected chi connectivity index (χ4v) is 3.77. The quantitative estimate of drug-likeness (QED) is 0.570. The van der Waals surface area contributed by atoms with Crippen molar-refractivity contribution in [3.63, 3.8) is 0 Å². The predicted molar refractivity (Wildman–Crippen MR) is 112 cm³/mol. The molecule has 30 heavy (non-hydrogen) atoms. The first-order valence-electron chi connectivity index (χ1n) is 8.96. The second kappa shape index (κ2) is 9.28. The highest BCUT2D eigenvalue weighted by molar-refractivity contribution is 7.92. The normalized spacial score (nSPS) is 12.5. The van der Waals surface area contributed by atoms with Crippen LogP contribution < -0.4 is 10.1 Å². The summed E-state index contributed by atoms with van der Waals surface area (Å²) in [5.41, 5.74) is 1.96. The lowest BCUT2D eigenvalue weighted by atomic mass is 10.2. The average molecular weight is 426 g/mol. The van der Waals surface area contributed by atoms with E-state index >= 15 is 0 Å². The van der Waals surface area contributed by atoms with E-state index in [1.165, 1.54) is 24.7 Å². The van der Waals surface area contributed by atoms with Gasteiger partial charge in [0.05, 0.1) is 27.7 Å². The van der Waals surface area contributed by atoms with E-state index in [0.717, 1.165) is 5.56 Å². The number of nitrogens with zero attached hydrogens (tertiary/aromatic N) is 5. The summed E-state index contributed by atoms with van der Waals surface area (Å²) >= 11 is 0. The van der Waals surface area contributed by atoms with Gasteiger partial charge in [0.15, 0.2) is 5.82 Å². The molecule has 0 amide bonds. The highest BCUT2D eigenvalue weighted by Gasteiger charge is 2.12. The number of ether oxygens (including phenoxy) is 1. The number of halogens is 1. The molecule has 0 saturated heterocycles. The topological polar surface area (TPSA) is 113 Å². The zero-order valence-corrected chi connectivity index (χ0v) is 17.2. The Balaban J connectivity index is 1.87. The standard InChI is InChI=1S/C20H19FN6O2S/c1-3-29-18-10-15(21)7-8-17(18)19-23-13-24-20(27-19)26-16-6-4-5-14(9-16)11-30(2,28)25-12-22/h4-10,13H,3,11H2,1-2H3,(H,23,24,26,27). The smallest absolute Gasteiger partial charge is 0.230 e. The lowest BCUT2D eigenvalue weighted by Gasteiger charge is -2.11. The largest absolute Gasteiger partial charge is 0.493 e. The van der Waals surface area contributed by atoms with Gasteiger partial charge in [0.1, 0.15) is 17.9 Å². The molecule has 0 aliphatic rings. The molecule has 1 N–H and O–H groups in total. The number of rotatable bonds is 7. The van der Waals surface area contributed by atoms with Crippen LogP contribution in [0.15, 0.2) is 53.2 Å². The molecule has 0 spiro atoms. The molecular formula is C20H19FN6O2S. The molecule has 8 nitrogen and oxygen atoms in total. The van der Waals surface area contributed by atoms with Crippen molar-refractivity contribution in [1.82, 2.24) is 15.0 Å². The number of nitrogens with one attached hydrogen (secondary N) is 1. The Morgan fingerprint density at radius 3 is 2.87 bits per heavy atom. The third-order valence-electron chi connectivity index (χ3n) is 3.91. The van der Waals surface area contributed by atoms with Crippen molar-refractivity contribution >= 4 is 21.4 Å². The van der Waals surface area contributed by atoms with Gasteiger partial charge in [0.2, 0.25) is 12.1 Å². The van der Waals surface area contributed by atoms with E-state index in [-0.39, 0.29) is 11.7 Å². The van der Waals surface area contributed by atoms with Crippen LogP contribution in [-0.2, 0) is 15.5 Å². The summed E-state index contributed by atoms with van der Waals surface area (Å²) in [4.78, 5) is 12.7. The number of hydrogen-bond donors (Lipinski definition) is 1. The minimum Gasteiger partial charge on any atom is -0.493 e. The molecule has 10 heteroatoms. The van der Waals surface area contributed by atoms with Crippen molar-refractivity contribution in [2.75, 3.05) is 18.2 Å². The van der Waals surface area contributed by atoms with Crippen molar-refractivity contribution in [1.29, 1.82) is 5.26 Å². The van der Waals surface area contributed by atoms with Gasteiger partial charge in [-0.1, -0.05) is 12.1 Å². The van der Waals surface area contributed by atoms with Crippen LogP contribution in [-0.4, -0.2) is 32.0 Å². The lowest BCUT2D eigenvalue weighted by molar-refractivity contribution is 0.339. The second-order valence-electron chi connectivity index (χ2n) is 6.33. The third-order valence-corrected chi connectivity index (χ3v) is 5.24. The zero-order chi connectivity index (χ0) is 21.6. The third kappa shape index (κ3) is 5.48. The Morgan fingerprint density at radius 2 is 2.10 bits per heavy atom. The number of benzene rings is 2. The van der Waals surface area contributed by atoms with Crippen molar-refractivity contribution in [3.8, 4) is 23.3 Å². The van der Waals surface area contributed by atoms with Gasteiger partial charge in [0, 0.05) is 18.0 Å². The average Bonchev–Trinajstić information content (AvgIpc) is 2.68. The zero-order valence-electron chi connectivity index (χ0n) is 16.4. The van der Waals surface area contributed by atoms with E-state index in [1.807, 2.05) is 0 Å². The maximum atomic E-state index is 13.6. The van der Waals surface area contributed by atoms with Gasteiger partial charge >= 0.3 is 0 Å². The SMILES string of the molecule is CCOc1cc(F)ccc1-c1ncnc(Nc2cccc(CS(C)(=O)=NC#N)c2)n1. The Kier molecular flexibility index (Phi) is 6.54. The molecule has 1 unspecified atom stereocenters. The Bertz CT molecular complexity index is 1220. The van der Waals surface area contributed by atoms with E-state index in [9.17, 15) is 8.60 Å². The monoisotopic (exact) mass is 426 g/mol. The number of nitriles is 1. The lowest BCUT2D eigenvalue weighted by Crippen LogP contribution is -2.03. The van der Waals surface area contributed by atoms with E-state index in [4.69, 9.17) is 10.00 Å². The summed E-state index contributed by atoms with van der Waals surface area (Å²) in [6.07, 6.45) is 4.38. The molecule has 0 radical (unpaired) electrons. The second-order valence-corrected chi connectivity index (χ2v) is 8.72. The molecule has 0 saturated carbocycles. The van der Waals surface area contributed by atoms with Crippen LogP contribution in [0.2, 0.25) is 0 Å². The van der Waals surface area contributed by atoms with Gasteiger partial charge in [-0.2, -0.15) is 10.2 Å². The molecule has 2 aromatic carbocycles. The van der Waals surface area contributed by atoms with Gasteiger partial charge in [0.25, 0.3) is 0 Å². The van der Waals surface area contributed by atoms with Crippen LogP contribution in [0.3, 0.4) is 0 Å². The summed E-state index contributed by atoms with van der Waals surface area (Å²) in [5, 5.41) is 11.7. The molecule has 0 aliphatic heterocycles. The van der Waals surface area contributed by atoms with Crippen molar-refractivity contribution < 1.29 is 13.3 Å². The first-order chi connectivity index (χ1) is 14.4. The Hall–Kier alpha value is -3.58. The number of anilines is 2. The molecule has 1 atom stereocenters. The summed E-state index contributed by atoms with van der Waals surface area (Å²) in [6.45, 7) is 2.18. The molecular weight excluding hydrogens is 407 g/mol. The fourth-order valence-electron chi connectivity index (χ4n) is 2.74. The van der Waals surface area contributed by atoms with Crippen molar-refractivity contribution in [3.05, 3.63) is 60.2 Å². The fraction of sp³-hybridized carbons (Fsp3) is 0.200. The minimum absolute atomic E-state index is 0.145. The first-order valence-corrected chi connectivity index (χ1v) is 11.0. The van der Waals surface area contributed by atoms with Crippen molar-refractivity contribution in [2.45, 2.75) is 12.7 Å². The van der Waals surface area contributed by atoms with Crippen LogP contribution in [0.5, 0.6) is 5.75 Å². The molecule has 0 bridgehead atoms. The molecule has 3 rings (SSSR count). The van der Waals surface area contributed by atoms with E-state index < -0.39 is 15.5 Å². The van der Waals surface area contributed by atoms with Gasteiger partial charge in [-0.05, 0) is 36.8 Å². The molecule has 0 fully saturated rings. The molecule has 3 aromatic rings. The minimum atomic E-state index is -2.63. The summed E-state index contributed by atoms with van der Waals surface area (Å²) in [6, 6.07) is 11.3. The summed E-state index contributed by atoms with van der Waals surface area (Å²) in [5.74, 6) is 0.684. The van der Waals surface area contributed by atoms with Gasteiger partial charge in [-0.3, -0.25) is 0 Å². The van der Waals surface area contributed by atoms with Crippen LogP contribution >= 0.6 is 0 Å². The highest BCUT2D eigenvalue weighted by atomic mass is 32.2. The van der Waals surface area contributed by atoms with Gasteiger partial charge in [-0.15, -0.1) is 4.36 Å².